The molecule has 0 bridgehead atoms. The Balaban J connectivity index is 1.92. The number of ether oxygens (including phenoxy) is 1. The van der Waals surface area contributed by atoms with Gasteiger partial charge in [0.05, 0.1) is 13.7 Å². The molecule has 0 saturated carbocycles. The van der Waals surface area contributed by atoms with Gasteiger partial charge in [-0.15, -0.1) is 0 Å². The Hall–Kier alpha value is -0.610. The van der Waals surface area contributed by atoms with Gasteiger partial charge in [-0.3, -0.25) is 14.6 Å². The summed E-state index contributed by atoms with van der Waals surface area (Å²) in [4.78, 5) is 16.2. The smallest absolute Gasteiger partial charge is 0.319 e. The van der Waals surface area contributed by atoms with Gasteiger partial charge in [0, 0.05) is 25.2 Å². The minimum Gasteiger partial charge on any atom is -0.468 e. The highest BCUT2D eigenvalue weighted by Crippen LogP contribution is 2.23. The predicted molar refractivity (Wildman–Crippen MR) is 62.3 cm³/mol. The van der Waals surface area contributed by atoms with Crippen LogP contribution >= 0.6 is 0 Å². The number of carbonyl (C=O) groups is 1. The van der Waals surface area contributed by atoms with Crippen LogP contribution < -0.4 is 0 Å². The van der Waals surface area contributed by atoms with Gasteiger partial charge in [0.1, 0.15) is 0 Å². The molecule has 16 heavy (non-hydrogen) atoms. The molecular formula is C12H22N2O2. The number of hydrogen-bond acceptors (Lipinski definition) is 4. The van der Waals surface area contributed by atoms with E-state index in [1.807, 2.05) is 0 Å². The van der Waals surface area contributed by atoms with Crippen molar-refractivity contribution in [2.45, 2.75) is 38.3 Å². The van der Waals surface area contributed by atoms with Crippen LogP contribution in [-0.4, -0.2) is 61.1 Å². The molecule has 0 aromatic carbocycles. The van der Waals surface area contributed by atoms with Crippen molar-refractivity contribution in [1.29, 1.82) is 0 Å². The van der Waals surface area contributed by atoms with E-state index in [-0.39, 0.29) is 5.97 Å². The lowest BCUT2D eigenvalue weighted by atomic mass is 9.97. The fraction of sp³-hybridized carbons (Fsp3) is 0.917. The van der Waals surface area contributed by atoms with Crippen molar-refractivity contribution >= 4 is 5.97 Å². The second-order valence-corrected chi connectivity index (χ2v) is 5.00. The first kappa shape index (κ1) is 11.9. The second kappa shape index (κ2) is 5.15. The Labute approximate surface area is 97.5 Å². The molecule has 2 unspecified atom stereocenters. The Bertz CT molecular complexity index is 257. The van der Waals surface area contributed by atoms with E-state index in [9.17, 15) is 4.79 Å². The lowest BCUT2D eigenvalue weighted by Crippen LogP contribution is -2.59. The predicted octanol–water partition coefficient (Wildman–Crippen LogP) is 0.718. The summed E-state index contributed by atoms with van der Waals surface area (Å²) >= 11 is 0. The third-order valence-corrected chi connectivity index (χ3v) is 3.88. The summed E-state index contributed by atoms with van der Waals surface area (Å²) in [5, 5.41) is 0. The van der Waals surface area contributed by atoms with Crippen LogP contribution in [0.1, 0.15) is 26.2 Å². The van der Waals surface area contributed by atoms with Crippen molar-refractivity contribution in [3.05, 3.63) is 0 Å². The van der Waals surface area contributed by atoms with Gasteiger partial charge in [-0.2, -0.15) is 0 Å². The topological polar surface area (TPSA) is 32.8 Å². The first-order valence-electron chi connectivity index (χ1n) is 6.25. The zero-order valence-corrected chi connectivity index (χ0v) is 10.3. The Kier molecular flexibility index (Phi) is 3.82. The number of piperazine rings is 1. The fourth-order valence-electron chi connectivity index (χ4n) is 2.86. The maximum absolute atomic E-state index is 11.3. The minimum atomic E-state index is -0.115. The SMILES string of the molecule is COC(=O)CN1CC2CCCCN2CC1C. The van der Waals surface area contributed by atoms with E-state index in [0.29, 0.717) is 18.6 Å². The fourth-order valence-corrected chi connectivity index (χ4v) is 2.86. The molecule has 0 radical (unpaired) electrons. The van der Waals surface area contributed by atoms with Crippen molar-refractivity contribution in [1.82, 2.24) is 9.80 Å². The molecule has 0 aromatic heterocycles. The molecule has 2 atom stereocenters. The molecule has 0 N–H and O–H groups in total. The van der Waals surface area contributed by atoms with Gasteiger partial charge in [-0.25, -0.2) is 0 Å². The van der Waals surface area contributed by atoms with Crippen molar-refractivity contribution in [2.75, 3.05) is 33.3 Å². The molecule has 2 aliphatic heterocycles. The van der Waals surface area contributed by atoms with E-state index in [0.717, 1.165) is 13.1 Å². The third-order valence-electron chi connectivity index (χ3n) is 3.88. The first-order chi connectivity index (χ1) is 7.70. The van der Waals surface area contributed by atoms with Gasteiger partial charge in [0.2, 0.25) is 0 Å². The Morgan fingerprint density at radius 2 is 2.19 bits per heavy atom. The molecule has 2 fully saturated rings. The maximum Gasteiger partial charge on any atom is 0.319 e. The van der Waals surface area contributed by atoms with E-state index in [2.05, 4.69) is 16.7 Å². The van der Waals surface area contributed by atoms with Crippen LogP contribution in [0.4, 0.5) is 0 Å². The van der Waals surface area contributed by atoms with Crippen molar-refractivity contribution in [3.8, 4) is 0 Å². The van der Waals surface area contributed by atoms with Gasteiger partial charge in [-0.1, -0.05) is 6.42 Å². The number of nitrogens with zero attached hydrogens (tertiary/aromatic N) is 2. The van der Waals surface area contributed by atoms with Crippen molar-refractivity contribution in [2.24, 2.45) is 0 Å². The largest absolute Gasteiger partial charge is 0.468 e. The van der Waals surface area contributed by atoms with Crippen LogP contribution in [0.25, 0.3) is 0 Å². The summed E-state index contributed by atoms with van der Waals surface area (Å²) in [6, 6.07) is 1.13. The van der Waals surface area contributed by atoms with Crippen molar-refractivity contribution < 1.29 is 9.53 Å². The molecule has 2 rings (SSSR count). The van der Waals surface area contributed by atoms with E-state index in [1.54, 1.807) is 0 Å². The maximum atomic E-state index is 11.3. The molecule has 4 heteroatoms. The van der Waals surface area contributed by atoms with E-state index in [1.165, 1.54) is 32.9 Å². The number of carbonyl (C=O) groups excluding carboxylic acids is 1. The van der Waals surface area contributed by atoms with E-state index < -0.39 is 0 Å². The second-order valence-electron chi connectivity index (χ2n) is 5.00. The summed E-state index contributed by atoms with van der Waals surface area (Å²) < 4.78 is 4.74. The Morgan fingerprint density at radius 1 is 1.38 bits per heavy atom. The summed E-state index contributed by atoms with van der Waals surface area (Å²) in [7, 11) is 1.46. The van der Waals surface area contributed by atoms with Crippen LogP contribution in [0, 0.1) is 0 Å². The zero-order chi connectivity index (χ0) is 11.5. The van der Waals surface area contributed by atoms with Gasteiger partial charge >= 0.3 is 5.97 Å². The lowest BCUT2D eigenvalue weighted by Gasteiger charge is -2.47. The number of hydrogen-bond donors (Lipinski definition) is 0. The molecule has 2 saturated heterocycles. The van der Waals surface area contributed by atoms with E-state index in [4.69, 9.17) is 4.74 Å². The Morgan fingerprint density at radius 3 is 2.94 bits per heavy atom. The average Bonchev–Trinajstić information content (AvgIpc) is 2.30. The standard InChI is InChI=1S/C12H22N2O2/c1-10-7-13-6-4-3-5-11(13)8-14(10)9-12(15)16-2/h10-11H,3-9H2,1-2H3. The molecular weight excluding hydrogens is 204 g/mol. The molecule has 0 amide bonds. The summed E-state index contributed by atoms with van der Waals surface area (Å²) in [5.74, 6) is -0.115. The van der Waals surface area contributed by atoms with Crippen LogP contribution in [0.5, 0.6) is 0 Å². The number of methoxy groups -OCH3 is 1. The highest BCUT2D eigenvalue weighted by atomic mass is 16.5. The van der Waals surface area contributed by atoms with Gasteiger partial charge in [-0.05, 0) is 26.3 Å². The minimum absolute atomic E-state index is 0.115. The van der Waals surface area contributed by atoms with Crippen LogP contribution in [-0.2, 0) is 9.53 Å². The molecule has 0 spiro atoms. The number of rotatable bonds is 2. The summed E-state index contributed by atoms with van der Waals surface area (Å²) in [6.07, 6.45) is 3.95. The molecule has 0 aliphatic carbocycles. The molecule has 2 heterocycles. The summed E-state index contributed by atoms with van der Waals surface area (Å²) in [6.45, 7) is 6.01. The van der Waals surface area contributed by atoms with Gasteiger partial charge in [0.15, 0.2) is 0 Å². The molecule has 4 nitrogen and oxygen atoms in total. The third kappa shape index (κ3) is 2.55. The van der Waals surface area contributed by atoms with E-state index >= 15 is 0 Å². The molecule has 92 valence electrons. The molecule has 0 aromatic rings. The highest BCUT2D eigenvalue weighted by Gasteiger charge is 2.33. The normalized spacial score (nSPS) is 32.1. The van der Waals surface area contributed by atoms with Crippen LogP contribution in [0.3, 0.4) is 0 Å². The van der Waals surface area contributed by atoms with Gasteiger partial charge < -0.3 is 4.74 Å². The van der Waals surface area contributed by atoms with Crippen LogP contribution in [0.2, 0.25) is 0 Å². The monoisotopic (exact) mass is 226 g/mol. The zero-order valence-electron chi connectivity index (χ0n) is 10.3. The average molecular weight is 226 g/mol. The number of piperidine rings is 1. The lowest BCUT2D eigenvalue weighted by molar-refractivity contribution is -0.143. The van der Waals surface area contributed by atoms with Crippen molar-refractivity contribution in [3.63, 3.8) is 0 Å². The highest BCUT2D eigenvalue weighted by molar-refractivity contribution is 5.71. The van der Waals surface area contributed by atoms with Gasteiger partial charge in [0.25, 0.3) is 0 Å². The number of fused-ring (bicyclic) bond motifs is 1. The number of esters is 1. The molecule has 2 aliphatic rings. The quantitative estimate of drug-likeness (QED) is 0.650. The summed E-state index contributed by atoms with van der Waals surface area (Å²) in [5.41, 5.74) is 0. The van der Waals surface area contributed by atoms with Crippen LogP contribution in [0.15, 0.2) is 0 Å². The first-order valence-corrected chi connectivity index (χ1v) is 6.25.